The summed E-state index contributed by atoms with van der Waals surface area (Å²) in [6.07, 6.45) is 1.39. The number of hydrogen-bond acceptors (Lipinski definition) is 8. The number of rotatable bonds is 15. The molecule has 0 bridgehead atoms. The van der Waals surface area contributed by atoms with E-state index in [0.29, 0.717) is 19.8 Å². The number of esters is 1. The summed E-state index contributed by atoms with van der Waals surface area (Å²) in [6, 6.07) is 0. The molecule has 1 heterocycles. The monoisotopic (exact) mass is 437 g/mol. The van der Waals surface area contributed by atoms with E-state index < -0.39 is 47.6 Å². The van der Waals surface area contributed by atoms with E-state index in [1.165, 1.54) is 7.11 Å². The molecule has 8 nitrogen and oxygen atoms in total. The van der Waals surface area contributed by atoms with Crippen LogP contribution in [0.15, 0.2) is 0 Å². The highest BCUT2D eigenvalue weighted by atomic mass is 32.2. The molecule has 0 radical (unpaired) electrons. The molecule has 1 aliphatic heterocycles. The predicted molar refractivity (Wildman–Crippen MR) is 108 cm³/mol. The molecule has 0 N–H and O–H groups in total. The molecule has 1 aliphatic rings. The molecule has 1 saturated heterocycles. The maximum Gasteiger partial charge on any atom is 0.337 e. The highest BCUT2D eigenvalue weighted by Crippen LogP contribution is 2.30. The van der Waals surface area contributed by atoms with Crippen molar-refractivity contribution in [2.75, 3.05) is 32.7 Å². The Balaban J connectivity index is 3.16. The third-order valence-electron chi connectivity index (χ3n) is 4.79. The van der Waals surface area contributed by atoms with Crippen LogP contribution in [0.2, 0.25) is 0 Å². The Morgan fingerprint density at radius 3 is 1.83 bits per heavy atom. The lowest BCUT2D eigenvalue weighted by atomic mass is 9.94. The second kappa shape index (κ2) is 15.3. The summed E-state index contributed by atoms with van der Waals surface area (Å²) in [5.74, 6) is -0.899. The Hall–Kier alpha value is -0.580. The molecule has 9 heteroatoms. The summed E-state index contributed by atoms with van der Waals surface area (Å²) in [6.45, 7) is 7.49. The second-order valence-corrected chi connectivity index (χ2v) is 8.10. The van der Waals surface area contributed by atoms with E-state index in [9.17, 15) is 13.6 Å². The average molecular weight is 438 g/mol. The highest BCUT2D eigenvalue weighted by molar-refractivity contribution is 7.79. The second-order valence-electron chi connectivity index (χ2n) is 7.16. The minimum Gasteiger partial charge on any atom is -0.772 e. The van der Waals surface area contributed by atoms with Crippen LogP contribution < -0.4 is 0 Å². The van der Waals surface area contributed by atoms with E-state index >= 15 is 0 Å². The zero-order chi connectivity index (χ0) is 21.6. The molecular formula is C20H37O8S-. The maximum atomic E-state index is 12.4. The van der Waals surface area contributed by atoms with Crippen LogP contribution in [0.4, 0.5) is 0 Å². The molecule has 1 fully saturated rings. The predicted octanol–water partition coefficient (Wildman–Crippen LogP) is 2.36. The molecule has 0 aromatic heterocycles. The van der Waals surface area contributed by atoms with Gasteiger partial charge in [0.25, 0.3) is 0 Å². The van der Waals surface area contributed by atoms with E-state index in [1.807, 2.05) is 13.8 Å². The number of methoxy groups -OCH3 is 1. The van der Waals surface area contributed by atoms with Gasteiger partial charge in [-0.2, -0.15) is 0 Å². The van der Waals surface area contributed by atoms with Gasteiger partial charge in [0, 0.05) is 25.6 Å². The molecule has 1 rings (SSSR count). The van der Waals surface area contributed by atoms with Crippen molar-refractivity contribution >= 4 is 17.0 Å². The van der Waals surface area contributed by atoms with Gasteiger partial charge in [-0.25, -0.2) is 4.79 Å². The van der Waals surface area contributed by atoms with Gasteiger partial charge in [-0.1, -0.05) is 51.1 Å². The topological polar surface area (TPSA) is 103 Å². The normalized spacial score (nSPS) is 28.2. The lowest BCUT2D eigenvalue weighted by Crippen LogP contribution is -2.63. The summed E-state index contributed by atoms with van der Waals surface area (Å²) in [5, 5.41) is 0. The zero-order valence-electron chi connectivity index (χ0n) is 18.1. The van der Waals surface area contributed by atoms with Crippen LogP contribution in [-0.4, -0.2) is 77.9 Å². The van der Waals surface area contributed by atoms with E-state index in [1.54, 1.807) is 0 Å². The van der Waals surface area contributed by atoms with Crippen molar-refractivity contribution < 1.29 is 37.2 Å². The summed E-state index contributed by atoms with van der Waals surface area (Å²) in [4.78, 5) is 12.4. The van der Waals surface area contributed by atoms with Crippen molar-refractivity contribution in [3.05, 3.63) is 0 Å². The van der Waals surface area contributed by atoms with Crippen molar-refractivity contribution in [2.45, 2.75) is 89.8 Å². The van der Waals surface area contributed by atoms with Gasteiger partial charge in [0.15, 0.2) is 6.10 Å². The van der Waals surface area contributed by atoms with E-state index in [0.717, 1.165) is 38.5 Å². The molecular weight excluding hydrogens is 400 g/mol. The fraction of sp³-hybridized carbons (Fsp3) is 0.950. The minimum atomic E-state index is -2.37. The largest absolute Gasteiger partial charge is 0.772 e. The van der Waals surface area contributed by atoms with Gasteiger partial charge in [-0.15, -0.1) is 0 Å². The van der Waals surface area contributed by atoms with Gasteiger partial charge in [0.05, 0.1) is 13.2 Å². The third-order valence-corrected chi connectivity index (χ3v) is 5.39. The molecule has 0 aromatic rings. The third kappa shape index (κ3) is 8.98. The lowest BCUT2D eigenvalue weighted by Gasteiger charge is -2.45. The highest BCUT2D eigenvalue weighted by Gasteiger charge is 2.51. The van der Waals surface area contributed by atoms with Crippen molar-refractivity contribution in [3.63, 3.8) is 0 Å². The molecule has 0 spiro atoms. The fourth-order valence-electron chi connectivity index (χ4n) is 3.15. The van der Waals surface area contributed by atoms with Crippen molar-refractivity contribution in [1.29, 1.82) is 0 Å². The molecule has 0 amide bonds. The molecule has 0 saturated carbocycles. The number of hydrogen-bond donors (Lipinski definition) is 0. The number of carbonyl (C=O) groups excluding carboxylic acids is 1. The van der Waals surface area contributed by atoms with Gasteiger partial charge < -0.3 is 28.2 Å². The zero-order valence-corrected chi connectivity index (χ0v) is 18.9. The molecule has 0 aromatic carbocycles. The summed E-state index contributed by atoms with van der Waals surface area (Å²) in [5.41, 5.74) is 0. The van der Waals surface area contributed by atoms with Crippen LogP contribution in [-0.2, 0) is 39.6 Å². The summed E-state index contributed by atoms with van der Waals surface area (Å²) in [7, 11) is 1.27. The van der Waals surface area contributed by atoms with Gasteiger partial charge in [0.1, 0.15) is 18.3 Å². The van der Waals surface area contributed by atoms with Crippen LogP contribution in [0.25, 0.3) is 0 Å². The first-order chi connectivity index (χ1) is 14.0. The van der Waals surface area contributed by atoms with Crippen LogP contribution >= 0.6 is 0 Å². The van der Waals surface area contributed by atoms with E-state index in [-0.39, 0.29) is 5.75 Å². The fourth-order valence-corrected chi connectivity index (χ4v) is 3.69. The van der Waals surface area contributed by atoms with Crippen molar-refractivity contribution in [2.24, 2.45) is 0 Å². The van der Waals surface area contributed by atoms with Gasteiger partial charge >= 0.3 is 5.97 Å². The number of carbonyl (C=O) groups is 1. The Morgan fingerprint density at radius 2 is 1.38 bits per heavy atom. The average Bonchev–Trinajstić information content (AvgIpc) is 2.70. The SMILES string of the molecule is CCCCOC1[C@H](OCCCC)C(C(=O)OC)O[C@@H](CS(=O)[O-])[C@H]1OCCCC. The first kappa shape index (κ1) is 26.5. The molecule has 0 aliphatic carbocycles. The van der Waals surface area contributed by atoms with Crippen LogP contribution in [0.1, 0.15) is 59.3 Å². The number of ether oxygens (including phenoxy) is 5. The summed E-state index contributed by atoms with van der Waals surface area (Å²) >= 11 is -2.37. The number of unbranched alkanes of at least 4 members (excludes halogenated alkanes) is 3. The Bertz CT molecular complexity index is 475. The van der Waals surface area contributed by atoms with Crippen molar-refractivity contribution in [3.8, 4) is 0 Å². The Kier molecular flexibility index (Phi) is 13.9. The Morgan fingerprint density at radius 1 is 0.897 bits per heavy atom. The quantitative estimate of drug-likeness (QED) is 0.218. The standard InChI is InChI=1S/C20H38O8S/c1-5-8-11-25-16-15(14-29(22)23)28-19(20(21)24-4)18(27-13-10-7-3)17(16)26-12-9-6-2/h15-19H,5-14H2,1-4H3,(H,22,23)/p-1/t15-,16+,17?,18-,19?/m0/s1. The van der Waals surface area contributed by atoms with Crippen LogP contribution in [0.5, 0.6) is 0 Å². The van der Waals surface area contributed by atoms with Gasteiger partial charge in [-0.3, -0.25) is 4.21 Å². The van der Waals surface area contributed by atoms with E-state index in [4.69, 9.17) is 23.7 Å². The Labute approximate surface area is 177 Å². The molecule has 172 valence electrons. The van der Waals surface area contributed by atoms with E-state index in [2.05, 4.69) is 6.92 Å². The lowest BCUT2D eigenvalue weighted by molar-refractivity contribution is -0.255. The molecule has 6 atom stereocenters. The summed E-state index contributed by atoms with van der Waals surface area (Å²) < 4.78 is 51.8. The minimum absolute atomic E-state index is 0.292. The first-order valence-electron chi connectivity index (χ1n) is 10.6. The molecule has 29 heavy (non-hydrogen) atoms. The smallest absolute Gasteiger partial charge is 0.337 e. The van der Waals surface area contributed by atoms with Crippen LogP contribution in [0, 0.1) is 0 Å². The maximum absolute atomic E-state index is 12.4. The van der Waals surface area contributed by atoms with Gasteiger partial charge in [-0.05, 0) is 19.3 Å². The van der Waals surface area contributed by atoms with Crippen LogP contribution in [0.3, 0.4) is 0 Å². The first-order valence-corrected chi connectivity index (χ1v) is 11.9. The van der Waals surface area contributed by atoms with Crippen molar-refractivity contribution in [1.82, 2.24) is 0 Å². The van der Waals surface area contributed by atoms with Gasteiger partial charge in [0.2, 0.25) is 0 Å². The molecule has 3 unspecified atom stereocenters.